The van der Waals surface area contributed by atoms with E-state index >= 15 is 0 Å². The van der Waals surface area contributed by atoms with Gasteiger partial charge in [-0.15, -0.1) is 11.6 Å². The number of nitrogens with zero attached hydrogens (tertiary/aromatic N) is 3. The van der Waals surface area contributed by atoms with E-state index in [1.54, 1.807) is 0 Å². The number of halogens is 1. The molecule has 0 N–H and O–H groups in total. The average molecular weight is 182 g/mol. The zero-order valence-corrected chi connectivity index (χ0v) is 7.15. The highest BCUT2D eigenvalue weighted by Crippen LogP contribution is 2.08. The first kappa shape index (κ1) is 8.91. The predicted molar refractivity (Wildman–Crippen MR) is 48.9 cm³/mol. The normalized spacial score (nSPS) is 11.8. The van der Waals surface area contributed by atoms with Gasteiger partial charge in [0, 0.05) is 4.91 Å². The SMILES string of the molecule is [N-]=[N+]=NC(Cl)Cc1ccccc1. The van der Waals surface area contributed by atoms with Crippen LogP contribution in [0.15, 0.2) is 35.4 Å². The Labute approximate surface area is 75.6 Å². The van der Waals surface area contributed by atoms with Gasteiger partial charge in [-0.1, -0.05) is 35.4 Å². The molecule has 0 bridgehead atoms. The molecule has 1 rings (SSSR count). The maximum Gasteiger partial charge on any atom is 0.116 e. The Hall–Kier alpha value is -1.18. The highest BCUT2D eigenvalue weighted by molar-refractivity contribution is 6.20. The molecule has 0 saturated heterocycles. The molecule has 0 fully saturated rings. The van der Waals surface area contributed by atoms with Gasteiger partial charge in [0.15, 0.2) is 0 Å². The van der Waals surface area contributed by atoms with E-state index in [1.165, 1.54) is 0 Å². The number of benzene rings is 1. The minimum atomic E-state index is -0.489. The second-order valence-electron chi connectivity index (χ2n) is 2.33. The largest absolute Gasteiger partial charge is 0.116 e. The Morgan fingerprint density at radius 3 is 2.67 bits per heavy atom. The van der Waals surface area contributed by atoms with Crippen molar-refractivity contribution in [2.75, 3.05) is 0 Å². The first-order chi connectivity index (χ1) is 5.83. The van der Waals surface area contributed by atoms with Gasteiger partial charge in [0.1, 0.15) is 5.50 Å². The smallest absolute Gasteiger partial charge is 0.116 e. The van der Waals surface area contributed by atoms with E-state index in [-0.39, 0.29) is 0 Å². The van der Waals surface area contributed by atoms with Crippen molar-refractivity contribution in [3.8, 4) is 0 Å². The molecule has 0 aliphatic rings. The van der Waals surface area contributed by atoms with Crippen LogP contribution in [0.4, 0.5) is 0 Å². The summed E-state index contributed by atoms with van der Waals surface area (Å²) >= 11 is 5.70. The van der Waals surface area contributed by atoms with Gasteiger partial charge >= 0.3 is 0 Å². The fourth-order valence-corrected chi connectivity index (χ4v) is 1.12. The van der Waals surface area contributed by atoms with Crippen LogP contribution in [0.1, 0.15) is 5.56 Å². The third-order valence-corrected chi connectivity index (χ3v) is 1.67. The molecule has 0 radical (unpaired) electrons. The van der Waals surface area contributed by atoms with Crippen LogP contribution in [0.5, 0.6) is 0 Å². The molecule has 4 heteroatoms. The summed E-state index contributed by atoms with van der Waals surface area (Å²) in [6, 6.07) is 9.68. The molecule has 0 aliphatic carbocycles. The minimum Gasteiger partial charge on any atom is -0.116 e. The topological polar surface area (TPSA) is 48.8 Å². The Kier molecular flexibility index (Phi) is 3.45. The molecule has 12 heavy (non-hydrogen) atoms. The summed E-state index contributed by atoms with van der Waals surface area (Å²) in [5.74, 6) is 0. The molecule has 62 valence electrons. The predicted octanol–water partition coefficient (Wildman–Crippen LogP) is 3.10. The van der Waals surface area contributed by atoms with E-state index in [0.29, 0.717) is 6.42 Å². The van der Waals surface area contributed by atoms with E-state index in [9.17, 15) is 0 Å². The van der Waals surface area contributed by atoms with Gasteiger partial charge in [0.25, 0.3) is 0 Å². The van der Waals surface area contributed by atoms with Gasteiger partial charge in [-0.25, -0.2) is 0 Å². The quantitative estimate of drug-likeness (QED) is 0.226. The van der Waals surface area contributed by atoms with Crippen molar-refractivity contribution in [2.24, 2.45) is 5.11 Å². The van der Waals surface area contributed by atoms with Gasteiger partial charge in [-0.2, -0.15) is 0 Å². The van der Waals surface area contributed by atoms with Crippen LogP contribution >= 0.6 is 11.6 Å². The van der Waals surface area contributed by atoms with Crippen molar-refractivity contribution in [1.82, 2.24) is 0 Å². The molecule has 3 nitrogen and oxygen atoms in total. The van der Waals surface area contributed by atoms with Crippen molar-refractivity contribution in [3.05, 3.63) is 46.3 Å². The number of alkyl halides is 1. The lowest BCUT2D eigenvalue weighted by Crippen LogP contribution is -1.97. The second-order valence-corrected chi connectivity index (χ2v) is 2.83. The third kappa shape index (κ3) is 2.82. The van der Waals surface area contributed by atoms with Crippen LogP contribution < -0.4 is 0 Å². The lowest BCUT2D eigenvalue weighted by Gasteiger charge is -2.00. The molecular formula is C8H8ClN3. The number of rotatable bonds is 3. The third-order valence-electron chi connectivity index (χ3n) is 1.42. The van der Waals surface area contributed by atoms with Crippen molar-refractivity contribution < 1.29 is 0 Å². The standard InChI is InChI=1S/C8H8ClN3/c9-8(11-12-10)6-7-4-2-1-3-5-7/h1-5,8H,6H2. The van der Waals surface area contributed by atoms with Gasteiger partial charge in [-0.3, -0.25) is 0 Å². The van der Waals surface area contributed by atoms with Crippen molar-refractivity contribution in [3.63, 3.8) is 0 Å². The van der Waals surface area contributed by atoms with Gasteiger partial charge in [0.2, 0.25) is 0 Å². The first-order valence-corrected chi connectivity index (χ1v) is 3.99. The first-order valence-electron chi connectivity index (χ1n) is 3.55. The van der Waals surface area contributed by atoms with E-state index in [2.05, 4.69) is 10.0 Å². The van der Waals surface area contributed by atoms with Crippen LogP contribution in [0, 0.1) is 0 Å². The van der Waals surface area contributed by atoms with E-state index in [4.69, 9.17) is 17.1 Å². The summed E-state index contributed by atoms with van der Waals surface area (Å²) in [4.78, 5) is 2.62. The minimum absolute atomic E-state index is 0.489. The summed E-state index contributed by atoms with van der Waals surface area (Å²) < 4.78 is 0. The maximum atomic E-state index is 8.09. The molecular weight excluding hydrogens is 174 g/mol. The lowest BCUT2D eigenvalue weighted by atomic mass is 10.2. The van der Waals surface area contributed by atoms with Gasteiger partial charge < -0.3 is 0 Å². The number of azide groups is 1. The van der Waals surface area contributed by atoms with E-state index < -0.39 is 5.50 Å². The molecule has 0 aliphatic heterocycles. The Morgan fingerprint density at radius 2 is 2.08 bits per heavy atom. The highest BCUT2D eigenvalue weighted by Gasteiger charge is 2.00. The van der Waals surface area contributed by atoms with E-state index in [1.807, 2.05) is 30.3 Å². The molecule has 1 unspecified atom stereocenters. The summed E-state index contributed by atoms with van der Waals surface area (Å²) in [7, 11) is 0. The van der Waals surface area contributed by atoms with Gasteiger partial charge in [-0.05, 0) is 17.5 Å². The Balaban J connectivity index is 2.58. The number of hydrogen-bond acceptors (Lipinski definition) is 1. The fraction of sp³-hybridized carbons (Fsp3) is 0.250. The van der Waals surface area contributed by atoms with Crippen LogP contribution in [0.3, 0.4) is 0 Å². The number of hydrogen-bond donors (Lipinski definition) is 0. The molecule has 0 heterocycles. The average Bonchev–Trinajstić information content (AvgIpc) is 2.06. The van der Waals surface area contributed by atoms with Crippen LogP contribution in [-0.2, 0) is 6.42 Å². The molecule has 0 saturated carbocycles. The Bertz CT molecular complexity index is 280. The molecule has 1 aromatic rings. The zero-order valence-electron chi connectivity index (χ0n) is 6.39. The molecule has 0 aromatic heterocycles. The van der Waals surface area contributed by atoms with Crippen molar-refractivity contribution in [2.45, 2.75) is 11.9 Å². The van der Waals surface area contributed by atoms with Crippen LogP contribution in [-0.4, -0.2) is 5.50 Å². The van der Waals surface area contributed by atoms with Crippen molar-refractivity contribution in [1.29, 1.82) is 0 Å². The van der Waals surface area contributed by atoms with Gasteiger partial charge in [0.05, 0.1) is 0 Å². The molecule has 0 amide bonds. The molecule has 1 atom stereocenters. The highest BCUT2D eigenvalue weighted by atomic mass is 35.5. The molecule has 1 aromatic carbocycles. The monoisotopic (exact) mass is 181 g/mol. The lowest BCUT2D eigenvalue weighted by molar-refractivity contribution is 0.879. The summed E-state index contributed by atoms with van der Waals surface area (Å²) in [6.07, 6.45) is 0.576. The van der Waals surface area contributed by atoms with Crippen LogP contribution in [0.25, 0.3) is 10.4 Å². The van der Waals surface area contributed by atoms with Crippen molar-refractivity contribution >= 4 is 11.6 Å². The Morgan fingerprint density at radius 1 is 1.42 bits per heavy atom. The zero-order chi connectivity index (χ0) is 8.81. The second kappa shape index (κ2) is 4.65. The fourth-order valence-electron chi connectivity index (χ4n) is 0.905. The summed E-state index contributed by atoms with van der Waals surface area (Å²) in [5.41, 5.74) is 8.67. The summed E-state index contributed by atoms with van der Waals surface area (Å²) in [5, 5.41) is 3.37. The van der Waals surface area contributed by atoms with Crippen LogP contribution in [0.2, 0.25) is 0 Å². The summed E-state index contributed by atoms with van der Waals surface area (Å²) in [6.45, 7) is 0. The maximum absolute atomic E-state index is 8.09. The molecule has 0 spiro atoms. The van der Waals surface area contributed by atoms with E-state index in [0.717, 1.165) is 5.56 Å².